The summed E-state index contributed by atoms with van der Waals surface area (Å²) < 4.78 is 11.6. The van der Waals surface area contributed by atoms with Crippen LogP contribution in [0.15, 0.2) is 29.8 Å². The molecule has 0 spiro atoms. The van der Waals surface area contributed by atoms with Crippen LogP contribution in [0.5, 0.6) is 5.75 Å². The Morgan fingerprint density at radius 1 is 1.44 bits per heavy atom. The van der Waals surface area contributed by atoms with E-state index in [1.165, 1.54) is 5.57 Å². The summed E-state index contributed by atoms with van der Waals surface area (Å²) in [6, 6.07) is 5.98. The molecule has 2 N–H and O–H groups in total. The Morgan fingerprint density at radius 2 is 2.28 bits per heavy atom. The molecule has 1 aromatic rings. The number of benzene rings is 1. The van der Waals surface area contributed by atoms with Gasteiger partial charge in [0.05, 0.1) is 19.8 Å². The van der Waals surface area contributed by atoms with E-state index in [2.05, 4.69) is 17.9 Å². The number of hydrogen-bond acceptors (Lipinski definition) is 4. The fourth-order valence-electron chi connectivity index (χ4n) is 5.83. The van der Waals surface area contributed by atoms with Crippen LogP contribution in [-0.4, -0.2) is 43.2 Å². The zero-order valence-electron chi connectivity index (χ0n) is 14.7. The molecular formula is C20H24N2O3. The maximum atomic E-state index is 13.6. The molecule has 5 atom stereocenters. The van der Waals surface area contributed by atoms with Crippen LogP contribution in [0, 0.1) is 11.8 Å². The summed E-state index contributed by atoms with van der Waals surface area (Å²) >= 11 is 0. The molecule has 1 saturated carbocycles. The summed E-state index contributed by atoms with van der Waals surface area (Å²) in [5.74, 6) is 1.88. The van der Waals surface area contributed by atoms with Gasteiger partial charge in [0.1, 0.15) is 11.2 Å². The highest BCUT2D eigenvalue weighted by atomic mass is 16.5. The Labute approximate surface area is 147 Å². The van der Waals surface area contributed by atoms with Gasteiger partial charge >= 0.3 is 0 Å². The molecule has 5 bridgehead atoms. The number of carbonyl (C=O) groups excluding carboxylic acids is 1. The first kappa shape index (κ1) is 15.3. The Kier molecular flexibility index (Phi) is 3.06. The van der Waals surface area contributed by atoms with Crippen molar-refractivity contribution in [2.45, 2.75) is 37.3 Å². The van der Waals surface area contributed by atoms with Gasteiger partial charge in [0.2, 0.25) is 5.91 Å². The third-order valence-corrected chi connectivity index (χ3v) is 7.03. The highest BCUT2D eigenvalue weighted by Gasteiger charge is 2.67. The Bertz CT molecular complexity index is 789. The van der Waals surface area contributed by atoms with Gasteiger partial charge in [-0.25, -0.2) is 0 Å². The third kappa shape index (κ3) is 1.74. The Balaban J connectivity index is 1.69. The highest BCUT2D eigenvalue weighted by molar-refractivity contribution is 5.94. The lowest BCUT2D eigenvalue weighted by Gasteiger charge is -2.50. The topological polar surface area (TPSA) is 64.8 Å². The quantitative estimate of drug-likeness (QED) is 0.661. The van der Waals surface area contributed by atoms with Crippen LogP contribution in [0.25, 0.3) is 0 Å². The van der Waals surface area contributed by atoms with Gasteiger partial charge in [-0.15, -0.1) is 0 Å². The average molecular weight is 340 g/mol. The zero-order chi connectivity index (χ0) is 17.3. The van der Waals surface area contributed by atoms with Crippen LogP contribution in [-0.2, 0) is 14.9 Å². The van der Waals surface area contributed by atoms with Gasteiger partial charge in [-0.2, -0.15) is 0 Å². The first-order valence-electron chi connectivity index (χ1n) is 9.12. The molecule has 0 aromatic heterocycles. The molecule has 1 aromatic carbocycles. The number of methoxy groups -OCH3 is 1. The summed E-state index contributed by atoms with van der Waals surface area (Å²) in [4.78, 5) is 15.7. The second-order valence-electron chi connectivity index (χ2n) is 7.82. The van der Waals surface area contributed by atoms with E-state index in [-0.39, 0.29) is 18.1 Å². The molecule has 1 amide bonds. The number of nitrogen functional groups attached to an aromatic ring is 1. The van der Waals surface area contributed by atoms with Crippen LogP contribution in [0.4, 0.5) is 5.69 Å². The number of rotatable bonds is 2. The molecule has 5 aliphatic rings. The van der Waals surface area contributed by atoms with Gasteiger partial charge < -0.3 is 20.1 Å². The fourth-order valence-corrected chi connectivity index (χ4v) is 5.83. The second kappa shape index (κ2) is 5.01. The van der Waals surface area contributed by atoms with Crippen molar-refractivity contribution in [1.29, 1.82) is 0 Å². The predicted molar refractivity (Wildman–Crippen MR) is 94.3 cm³/mol. The number of fused-ring (bicyclic) bond motifs is 1. The maximum Gasteiger partial charge on any atom is 0.236 e. The molecule has 0 radical (unpaired) electrons. The molecule has 25 heavy (non-hydrogen) atoms. The number of ether oxygens (including phenoxy) is 2. The van der Waals surface area contributed by atoms with Crippen LogP contribution in [0.1, 0.15) is 25.3 Å². The second-order valence-corrected chi connectivity index (χ2v) is 7.82. The number of piperidine rings is 1. The Morgan fingerprint density at radius 3 is 3.00 bits per heavy atom. The number of amides is 1. The van der Waals surface area contributed by atoms with E-state index in [0.29, 0.717) is 17.5 Å². The van der Waals surface area contributed by atoms with E-state index in [0.717, 1.165) is 37.3 Å². The molecule has 1 aliphatic carbocycles. The normalized spacial score (nSPS) is 40.0. The van der Waals surface area contributed by atoms with Crippen LogP contribution in [0.3, 0.4) is 0 Å². The molecular weight excluding hydrogens is 316 g/mol. The lowest BCUT2D eigenvalue weighted by Crippen LogP contribution is -2.59. The summed E-state index contributed by atoms with van der Waals surface area (Å²) in [6.45, 7) is 3.61. The molecule has 5 heteroatoms. The highest BCUT2D eigenvalue weighted by Crippen LogP contribution is 2.58. The number of hydrogen-bond donors (Lipinski definition) is 1. The van der Waals surface area contributed by atoms with Crippen molar-refractivity contribution in [3.8, 4) is 5.75 Å². The molecule has 6 rings (SSSR count). The van der Waals surface area contributed by atoms with Crippen molar-refractivity contribution in [2.24, 2.45) is 11.8 Å². The van der Waals surface area contributed by atoms with Gasteiger partial charge in [-0.3, -0.25) is 4.79 Å². The first-order valence-corrected chi connectivity index (χ1v) is 9.12. The zero-order valence-corrected chi connectivity index (χ0v) is 14.7. The van der Waals surface area contributed by atoms with E-state index < -0.39 is 5.41 Å². The van der Waals surface area contributed by atoms with Crippen molar-refractivity contribution >= 4 is 11.6 Å². The van der Waals surface area contributed by atoms with Gasteiger partial charge in [-0.05, 0) is 37.3 Å². The summed E-state index contributed by atoms with van der Waals surface area (Å²) in [5, 5.41) is 0. The summed E-state index contributed by atoms with van der Waals surface area (Å²) in [5.41, 5.74) is 8.70. The number of carbonyl (C=O) groups is 1. The lowest BCUT2D eigenvalue weighted by atomic mass is 9.69. The van der Waals surface area contributed by atoms with Gasteiger partial charge in [0.15, 0.2) is 0 Å². The minimum absolute atomic E-state index is 0.0952. The lowest BCUT2D eigenvalue weighted by molar-refractivity contribution is -0.154. The van der Waals surface area contributed by atoms with Gasteiger partial charge in [0, 0.05) is 30.3 Å². The molecule has 0 unspecified atom stereocenters. The number of allylic oxidation sites excluding steroid dienone is 1. The molecule has 4 aliphatic heterocycles. The third-order valence-electron chi connectivity index (χ3n) is 7.03. The molecule has 5 fully saturated rings. The summed E-state index contributed by atoms with van der Waals surface area (Å²) in [7, 11) is 1.63. The van der Waals surface area contributed by atoms with Gasteiger partial charge in [0.25, 0.3) is 0 Å². The van der Waals surface area contributed by atoms with Crippen LogP contribution in [0.2, 0.25) is 0 Å². The standard InChI is InChI=1S/C20H24N2O3/c1-3-11-9-22-17-8-20(19(22)23,18-7-13(11)14(17)10-25-18)15-5-4-12(24-2)6-16(15)21/h3-6,13-14,17-18H,7-10,21H2,1-2H3/b11-3-/t13-,14-,17-,18+,20-/m0/s1. The van der Waals surface area contributed by atoms with E-state index in [4.69, 9.17) is 15.2 Å². The smallest absolute Gasteiger partial charge is 0.236 e. The van der Waals surface area contributed by atoms with Crippen molar-refractivity contribution < 1.29 is 14.3 Å². The monoisotopic (exact) mass is 340 g/mol. The Hall–Kier alpha value is -2.01. The minimum atomic E-state index is -0.635. The van der Waals surface area contributed by atoms with Crippen molar-refractivity contribution in [2.75, 3.05) is 26.0 Å². The average Bonchev–Trinajstić information content (AvgIpc) is 2.77. The molecule has 5 nitrogen and oxygen atoms in total. The van der Waals surface area contributed by atoms with E-state index in [1.807, 2.05) is 18.2 Å². The molecule has 4 heterocycles. The van der Waals surface area contributed by atoms with Crippen molar-refractivity contribution in [3.05, 3.63) is 35.4 Å². The SMILES string of the molecule is C/C=C1/CN2C(=O)[C@]3(c4ccc(OC)cc4N)C[C@H]2[C@H]2CO[C@@H]3C[C@@H]12. The summed E-state index contributed by atoms with van der Waals surface area (Å²) in [6.07, 6.45) is 3.86. The molecule has 132 valence electrons. The largest absolute Gasteiger partial charge is 0.497 e. The van der Waals surface area contributed by atoms with Crippen molar-refractivity contribution in [3.63, 3.8) is 0 Å². The number of nitrogens with two attached hydrogens (primary N) is 1. The maximum absolute atomic E-state index is 13.6. The van der Waals surface area contributed by atoms with Crippen LogP contribution >= 0.6 is 0 Å². The van der Waals surface area contributed by atoms with Crippen LogP contribution < -0.4 is 10.5 Å². The minimum Gasteiger partial charge on any atom is -0.497 e. The van der Waals surface area contributed by atoms with Crippen molar-refractivity contribution in [1.82, 2.24) is 4.90 Å². The first-order chi connectivity index (χ1) is 12.1. The van der Waals surface area contributed by atoms with E-state index in [9.17, 15) is 4.79 Å². The van der Waals surface area contributed by atoms with Gasteiger partial charge in [-0.1, -0.05) is 17.7 Å². The van der Waals surface area contributed by atoms with E-state index in [1.54, 1.807) is 7.11 Å². The number of nitrogens with zero attached hydrogens (tertiary/aromatic N) is 1. The fraction of sp³-hybridized carbons (Fsp3) is 0.550. The number of anilines is 1. The van der Waals surface area contributed by atoms with E-state index >= 15 is 0 Å². The molecule has 4 saturated heterocycles. The predicted octanol–water partition coefficient (Wildman–Crippen LogP) is 2.11.